The van der Waals surface area contributed by atoms with E-state index in [0.29, 0.717) is 6.10 Å². The first-order chi connectivity index (χ1) is 6.26. The van der Waals surface area contributed by atoms with E-state index in [2.05, 4.69) is 47.8 Å². The maximum atomic E-state index is 5.58. The Hall–Kier alpha value is 1.36. The first kappa shape index (κ1) is 12.4. The normalized spacial score (nSPS) is 21.9. The molecule has 0 aromatic rings. The van der Waals surface area contributed by atoms with Gasteiger partial charge in [0, 0.05) is 21.4 Å². The molecule has 1 aliphatic heterocycles. The van der Waals surface area contributed by atoms with E-state index in [1.165, 1.54) is 0 Å². The minimum absolute atomic E-state index is 0.162. The number of epoxide rings is 1. The van der Waals surface area contributed by atoms with Crippen LogP contribution < -0.4 is 0 Å². The molecule has 0 aliphatic carbocycles. The fraction of sp³-hybridized carbons (Fsp3) is 1.00. The van der Waals surface area contributed by atoms with E-state index in [4.69, 9.17) is 9.47 Å². The lowest BCUT2D eigenvalue weighted by Crippen LogP contribution is -2.33. The number of halogens is 3. The highest BCUT2D eigenvalue weighted by Crippen LogP contribution is 2.26. The molecule has 5 heteroatoms. The molecule has 0 aromatic carbocycles. The van der Waals surface area contributed by atoms with Crippen LogP contribution in [0.4, 0.5) is 0 Å². The van der Waals surface area contributed by atoms with Gasteiger partial charge in [0.1, 0.15) is 6.10 Å². The van der Waals surface area contributed by atoms with Gasteiger partial charge in [-0.05, 0) is 0 Å². The Morgan fingerprint density at radius 1 is 1.23 bits per heavy atom. The van der Waals surface area contributed by atoms with Crippen LogP contribution >= 0.6 is 47.8 Å². The van der Waals surface area contributed by atoms with E-state index < -0.39 is 0 Å². The van der Waals surface area contributed by atoms with E-state index in [1.807, 2.05) is 0 Å². The van der Waals surface area contributed by atoms with Crippen molar-refractivity contribution < 1.29 is 9.47 Å². The zero-order valence-electron chi connectivity index (χ0n) is 7.27. The van der Waals surface area contributed by atoms with Crippen molar-refractivity contribution in [1.82, 2.24) is 0 Å². The van der Waals surface area contributed by atoms with Crippen molar-refractivity contribution in [3.63, 3.8) is 0 Å². The Labute approximate surface area is 104 Å². The Morgan fingerprint density at radius 2 is 1.77 bits per heavy atom. The Kier molecular flexibility index (Phi) is 5.79. The lowest BCUT2D eigenvalue weighted by molar-refractivity contribution is 0.0678. The molecule has 0 radical (unpaired) electrons. The van der Waals surface area contributed by atoms with Crippen LogP contribution in [0.5, 0.6) is 0 Å². The topological polar surface area (TPSA) is 21.8 Å². The summed E-state index contributed by atoms with van der Waals surface area (Å²) < 4.78 is 10.6. The molecule has 1 heterocycles. The van der Waals surface area contributed by atoms with Crippen LogP contribution in [0.1, 0.15) is 0 Å². The second-order valence-corrected chi connectivity index (χ2v) is 5.05. The van der Waals surface area contributed by atoms with Gasteiger partial charge in [0.05, 0.1) is 19.8 Å². The summed E-state index contributed by atoms with van der Waals surface area (Å²) in [6.07, 6.45) is 0.360. The zero-order valence-corrected chi connectivity index (χ0v) is 12.0. The van der Waals surface area contributed by atoms with Gasteiger partial charge in [-0.2, -0.15) is 0 Å². The van der Waals surface area contributed by atoms with Gasteiger partial charge in [0.15, 0.2) is 0 Å². The van der Waals surface area contributed by atoms with Gasteiger partial charge >= 0.3 is 0 Å². The molecule has 1 saturated heterocycles. The van der Waals surface area contributed by atoms with Gasteiger partial charge in [-0.3, -0.25) is 0 Å². The van der Waals surface area contributed by atoms with Gasteiger partial charge in [0.25, 0.3) is 0 Å². The smallest absolute Gasteiger partial charge is 0.104 e. The Balaban J connectivity index is 2.19. The number of rotatable bonds is 7. The molecule has 0 amide bonds. The predicted molar refractivity (Wildman–Crippen MR) is 64.4 cm³/mol. The molecule has 0 saturated carbocycles. The van der Waals surface area contributed by atoms with Crippen LogP contribution in [-0.4, -0.2) is 41.9 Å². The molecule has 1 atom stereocenters. The molecule has 1 unspecified atom stereocenters. The predicted octanol–water partition coefficient (Wildman–Crippen LogP) is 2.57. The fourth-order valence-electron chi connectivity index (χ4n) is 0.794. The van der Waals surface area contributed by atoms with E-state index >= 15 is 0 Å². The van der Waals surface area contributed by atoms with E-state index in [-0.39, 0.29) is 5.41 Å². The van der Waals surface area contributed by atoms with Gasteiger partial charge < -0.3 is 9.47 Å². The van der Waals surface area contributed by atoms with Crippen molar-refractivity contribution in [2.24, 2.45) is 5.41 Å². The highest BCUT2D eigenvalue weighted by atomic mass is 79.9. The number of hydrogen-bond donors (Lipinski definition) is 0. The monoisotopic (exact) mass is 378 g/mol. The minimum Gasteiger partial charge on any atom is -0.378 e. The summed E-state index contributed by atoms with van der Waals surface area (Å²) in [5, 5.41) is 2.80. The summed E-state index contributed by atoms with van der Waals surface area (Å²) in [7, 11) is 0. The van der Waals surface area contributed by atoms with Crippen molar-refractivity contribution in [2.75, 3.05) is 35.8 Å². The Bertz CT molecular complexity index is 138. The number of ether oxygens (including phenoxy) is 2. The zero-order chi connectivity index (χ0) is 9.73. The summed E-state index contributed by atoms with van der Waals surface area (Å²) in [6, 6.07) is 0. The van der Waals surface area contributed by atoms with E-state index in [9.17, 15) is 0 Å². The van der Waals surface area contributed by atoms with Crippen LogP contribution in [0.2, 0.25) is 0 Å². The highest BCUT2D eigenvalue weighted by Gasteiger charge is 2.29. The van der Waals surface area contributed by atoms with E-state index in [0.717, 1.165) is 35.8 Å². The highest BCUT2D eigenvalue weighted by molar-refractivity contribution is 9.10. The maximum absolute atomic E-state index is 5.58. The molecule has 0 bridgehead atoms. The van der Waals surface area contributed by atoms with Crippen molar-refractivity contribution in [2.45, 2.75) is 6.10 Å². The third-order valence-electron chi connectivity index (χ3n) is 1.96. The van der Waals surface area contributed by atoms with Gasteiger partial charge in [-0.1, -0.05) is 47.8 Å². The molecule has 1 fully saturated rings. The summed E-state index contributed by atoms with van der Waals surface area (Å²) in [5.74, 6) is 0. The van der Waals surface area contributed by atoms with Crippen LogP contribution in [-0.2, 0) is 9.47 Å². The molecule has 1 rings (SSSR count). The molecule has 0 spiro atoms. The second-order valence-electron chi connectivity index (χ2n) is 3.37. The van der Waals surface area contributed by atoms with Crippen LogP contribution in [0.15, 0.2) is 0 Å². The summed E-state index contributed by atoms with van der Waals surface area (Å²) in [6.45, 7) is 2.35. The SMILES string of the molecule is BrCC(CBr)(CBr)COCC1CO1. The first-order valence-corrected chi connectivity index (χ1v) is 7.50. The molecule has 2 nitrogen and oxygen atoms in total. The van der Waals surface area contributed by atoms with Gasteiger partial charge in [-0.15, -0.1) is 0 Å². The van der Waals surface area contributed by atoms with Gasteiger partial charge in [0.2, 0.25) is 0 Å². The van der Waals surface area contributed by atoms with Crippen LogP contribution in [0, 0.1) is 5.41 Å². The van der Waals surface area contributed by atoms with Gasteiger partial charge in [-0.25, -0.2) is 0 Å². The van der Waals surface area contributed by atoms with Crippen LogP contribution in [0.25, 0.3) is 0 Å². The molecule has 13 heavy (non-hydrogen) atoms. The van der Waals surface area contributed by atoms with Crippen molar-refractivity contribution in [3.8, 4) is 0 Å². The summed E-state index contributed by atoms with van der Waals surface area (Å²) in [5.41, 5.74) is 0.162. The van der Waals surface area contributed by atoms with Crippen molar-refractivity contribution in [1.29, 1.82) is 0 Å². The number of hydrogen-bond acceptors (Lipinski definition) is 2. The molecular formula is C8H13Br3O2. The van der Waals surface area contributed by atoms with Crippen molar-refractivity contribution >= 4 is 47.8 Å². The lowest BCUT2D eigenvalue weighted by Gasteiger charge is -2.26. The largest absolute Gasteiger partial charge is 0.378 e. The molecule has 78 valence electrons. The minimum atomic E-state index is 0.162. The summed E-state index contributed by atoms with van der Waals surface area (Å²) >= 11 is 10.5. The molecule has 1 aliphatic rings. The molecule has 0 aromatic heterocycles. The lowest BCUT2D eigenvalue weighted by atomic mass is 9.98. The fourth-order valence-corrected chi connectivity index (χ4v) is 4.07. The Morgan fingerprint density at radius 3 is 2.15 bits per heavy atom. The van der Waals surface area contributed by atoms with Crippen molar-refractivity contribution in [3.05, 3.63) is 0 Å². The summed E-state index contributed by atoms with van der Waals surface area (Å²) in [4.78, 5) is 0. The molecular weight excluding hydrogens is 368 g/mol. The quantitative estimate of drug-likeness (QED) is 0.500. The van der Waals surface area contributed by atoms with E-state index in [1.54, 1.807) is 0 Å². The van der Waals surface area contributed by atoms with Crippen LogP contribution in [0.3, 0.4) is 0 Å². The second kappa shape index (κ2) is 6.05. The standard InChI is InChI=1S/C8H13Br3O2/c9-3-8(4-10,5-11)6-12-1-7-2-13-7/h7H,1-6H2. The third-order valence-corrected chi connectivity index (χ3v) is 5.53. The maximum Gasteiger partial charge on any atom is 0.104 e. The average Bonchev–Trinajstić information content (AvgIpc) is 2.97. The first-order valence-electron chi connectivity index (χ1n) is 4.13. The number of alkyl halides is 3. The average molecular weight is 381 g/mol. The third kappa shape index (κ3) is 4.16. The molecule has 0 N–H and O–H groups in total.